The second-order valence-electron chi connectivity index (χ2n) is 6.16. The van der Waals surface area contributed by atoms with Crippen LogP contribution in [0.3, 0.4) is 0 Å². The van der Waals surface area contributed by atoms with Crippen molar-refractivity contribution in [1.29, 1.82) is 0 Å². The van der Waals surface area contributed by atoms with Crippen LogP contribution in [-0.2, 0) is 13.1 Å². The van der Waals surface area contributed by atoms with E-state index >= 15 is 0 Å². The third-order valence-corrected chi connectivity index (χ3v) is 5.36. The molecule has 2 aromatic heterocycles. The average Bonchev–Trinajstić information content (AvgIpc) is 3.17. The van der Waals surface area contributed by atoms with Crippen LogP contribution in [0.25, 0.3) is 0 Å². The topological polar surface area (TPSA) is 32.3 Å². The summed E-state index contributed by atoms with van der Waals surface area (Å²) in [6.07, 6.45) is 3.80. The van der Waals surface area contributed by atoms with E-state index in [1.165, 1.54) is 36.9 Å². The largest absolute Gasteiger partial charge is 0.297 e. The molecule has 0 saturated carbocycles. The van der Waals surface area contributed by atoms with Crippen LogP contribution in [0.4, 0.5) is 0 Å². The molecule has 2 aromatic rings. The maximum atomic E-state index is 4.44. The molecule has 4 heterocycles. The highest BCUT2D eigenvalue weighted by Gasteiger charge is 2.39. The van der Waals surface area contributed by atoms with Crippen LogP contribution in [0.1, 0.15) is 10.7 Å². The molecule has 2 fully saturated rings. The highest BCUT2D eigenvalue weighted by molar-refractivity contribution is 7.09. The van der Waals surface area contributed by atoms with Crippen LogP contribution >= 0.6 is 11.3 Å². The van der Waals surface area contributed by atoms with E-state index in [1.54, 1.807) is 11.3 Å². The SMILES string of the molecule is c1ccc(CN2C[C@@H]3CN(Cc4nccs4)C[C@H]3C2)nc1. The summed E-state index contributed by atoms with van der Waals surface area (Å²) in [6.45, 7) is 6.92. The first-order valence-electron chi connectivity index (χ1n) is 7.60. The molecule has 0 radical (unpaired) electrons. The Labute approximate surface area is 129 Å². The fourth-order valence-electron chi connectivity index (χ4n) is 3.69. The van der Waals surface area contributed by atoms with Crippen molar-refractivity contribution in [3.05, 3.63) is 46.7 Å². The van der Waals surface area contributed by atoms with Gasteiger partial charge in [-0.25, -0.2) is 4.98 Å². The molecular weight excluding hydrogens is 280 g/mol. The van der Waals surface area contributed by atoms with Gasteiger partial charge >= 0.3 is 0 Å². The number of thiazole rings is 1. The molecule has 0 aromatic carbocycles. The molecule has 2 aliphatic heterocycles. The van der Waals surface area contributed by atoms with Gasteiger partial charge in [-0.05, 0) is 24.0 Å². The molecule has 110 valence electrons. The van der Waals surface area contributed by atoms with Crippen molar-refractivity contribution < 1.29 is 0 Å². The zero-order valence-electron chi connectivity index (χ0n) is 12.1. The van der Waals surface area contributed by atoms with Crippen molar-refractivity contribution in [2.45, 2.75) is 13.1 Å². The third-order valence-electron chi connectivity index (χ3n) is 4.59. The number of nitrogens with zero attached hydrogens (tertiary/aromatic N) is 4. The van der Waals surface area contributed by atoms with Crippen LogP contribution in [-0.4, -0.2) is 45.9 Å². The first kappa shape index (κ1) is 13.4. The summed E-state index contributed by atoms with van der Waals surface area (Å²) < 4.78 is 0. The summed E-state index contributed by atoms with van der Waals surface area (Å²) in [6, 6.07) is 6.19. The van der Waals surface area contributed by atoms with Gasteiger partial charge in [-0.15, -0.1) is 11.3 Å². The van der Waals surface area contributed by atoms with E-state index in [1.807, 2.05) is 18.5 Å². The van der Waals surface area contributed by atoms with Crippen molar-refractivity contribution >= 4 is 11.3 Å². The molecule has 2 aliphatic rings. The number of aromatic nitrogens is 2. The van der Waals surface area contributed by atoms with Gasteiger partial charge in [0.25, 0.3) is 0 Å². The number of pyridine rings is 1. The molecular formula is C16H20N4S. The summed E-state index contributed by atoms with van der Waals surface area (Å²) in [7, 11) is 0. The molecule has 2 atom stereocenters. The van der Waals surface area contributed by atoms with E-state index in [2.05, 4.69) is 37.3 Å². The second kappa shape index (κ2) is 5.83. The number of likely N-dealkylation sites (tertiary alicyclic amines) is 2. The molecule has 4 nitrogen and oxygen atoms in total. The van der Waals surface area contributed by atoms with E-state index in [4.69, 9.17) is 0 Å². The number of fused-ring (bicyclic) bond motifs is 1. The van der Waals surface area contributed by atoms with Gasteiger partial charge in [0.15, 0.2) is 0 Å². The van der Waals surface area contributed by atoms with Crippen molar-refractivity contribution in [2.75, 3.05) is 26.2 Å². The van der Waals surface area contributed by atoms with E-state index < -0.39 is 0 Å². The van der Waals surface area contributed by atoms with E-state index in [-0.39, 0.29) is 0 Å². The maximum absolute atomic E-state index is 4.44. The van der Waals surface area contributed by atoms with Crippen molar-refractivity contribution in [1.82, 2.24) is 19.8 Å². The Morgan fingerprint density at radius 2 is 1.71 bits per heavy atom. The minimum atomic E-state index is 0.827. The first-order valence-corrected chi connectivity index (χ1v) is 8.48. The van der Waals surface area contributed by atoms with Gasteiger partial charge in [-0.2, -0.15) is 0 Å². The normalized spacial score (nSPS) is 26.3. The summed E-state index contributed by atoms with van der Waals surface area (Å²) in [4.78, 5) is 14.0. The molecule has 4 rings (SSSR count). The van der Waals surface area contributed by atoms with Gasteiger partial charge < -0.3 is 0 Å². The van der Waals surface area contributed by atoms with Crippen LogP contribution in [0.2, 0.25) is 0 Å². The lowest BCUT2D eigenvalue weighted by molar-refractivity contribution is 0.244. The molecule has 0 N–H and O–H groups in total. The van der Waals surface area contributed by atoms with Crippen molar-refractivity contribution in [2.24, 2.45) is 11.8 Å². The quantitative estimate of drug-likeness (QED) is 0.865. The minimum absolute atomic E-state index is 0.827. The Morgan fingerprint density at radius 1 is 0.952 bits per heavy atom. The van der Waals surface area contributed by atoms with E-state index in [9.17, 15) is 0 Å². The first-order chi connectivity index (χ1) is 10.4. The van der Waals surface area contributed by atoms with E-state index in [0.717, 1.165) is 24.9 Å². The Morgan fingerprint density at radius 3 is 2.33 bits per heavy atom. The molecule has 2 saturated heterocycles. The monoisotopic (exact) mass is 300 g/mol. The Kier molecular flexibility index (Phi) is 3.71. The fraction of sp³-hybridized carbons (Fsp3) is 0.500. The van der Waals surface area contributed by atoms with E-state index in [0.29, 0.717) is 0 Å². The molecule has 0 aliphatic carbocycles. The molecule has 0 spiro atoms. The lowest BCUT2D eigenvalue weighted by Crippen LogP contribution is -2.28. The Balaban J connectivity index is 1.31. The highest BCUT2D eigenvalue weighted by Crippen LogP contribution is 2.32. The van der Waals surface area contributed by atoms with Gasteiger partial charge in [-0.1, -0.05) is 6.07 Å². The number of hydrogen-bond donors (Lipinski definition) is 0. The van der Waals surface area contributed by atoms with Crippen LogP contribution < -0.4 is 0 Å². The lowest BCUT2D eigenvalue weighted by Gasteiger charge is -2.20. The summed E-state index contributed by atoms with van der Waals surface area (Å²) in [5.41, 5.74) is 1.19. The van der Waals surface area contributed by atoms with Gasteiger partial charge in [0.2, 0.25) is 0 Å². The zero-order valence-corrected chi connectivity index (χ0v) is 12.9. The van der Waals surface area contributed by atoms with Gasteiger partial charge in [0, 0.05) is 50.5 Å². The van der Waals surface area contributed by atoms with Gasteiger partial charge in [-0.3, -0.25) is 14.8 Å². The molecule has 0 bridgehead atoms. The molecule has 0 unspecified atom stereocenters. The molecule has 0 amide bonds. The second-order valence-corrected chi connectivity index (χ2v) is 7.13. The summed E-state index contributed by atoms with van der Waals surface area (Å²) in [5, 5.41) is 3.32. The maximum Gasteiger partial charge on any atom is 0.107 e. The average molecular weight is 300 g/mol. The highest BCUT2D eigenvalue weighted by atomic mass is 32.1. The molecule has 5 heteroatoms. The van der Waals surface area contributed by atoms with Gasteiger partial charge in [0.1, 0.15) is 5.01 Å². The standard InChI is InChI=1S/C16H20N4S/c1-2-4-17-15(3-1)11-19-7-13-9-20(10-14(13)8-19)12-16-18-5-6-21-16/h1-6,13-14H,7-12H2/t13-,14-/m1/s1. The predicted octanol–water partition coefficient (Wildman–Crippen LogP) is 2.10. The number of rotatable bonds is 4. The lowest BCUT2D eigenvalue weighted by atomic mass is 10.0. The Hall–Kier alpha value is -1.30. The fourth-order valence-corrected chi connectivity index (χ4v) is 4.35. The van der Waals surface area contributed by atoms with Gasteiger partial charge in [0.05, 0.1) is 12.2 Å². The van der Waals surface area contributed by atoms with Crippen LogP contribution in [0.15, 0.2) is 36.0 Å². The van der Waals surface area contributed by atoms with Crippen molar-refractivity contribution in [3.8, 4) is 0 Å². The number of hydrogen-bond acceptors (Lipinski definition) is 5. The van der Waals surface area contributed by atoms with Crippen molar-refractivity contribution in [3.63, 3.8) is 0 Å². The zero-order chi connectivity index (χ0) is 14.1. The third kappa shape index (κ3) is 3.00. The minimum Gasteiger partial charge on any atom is -0.297 e. The van der Waals surface area contributed by atoms with Crippen LogP contribution in [0.5, 0.6) is 0 Å². The summed E-state index contributed by atoms with van der Waals surface area (Å²) in [5.74, 6) is 1.65. The molecule has 21 heavy (non-hydrogen) atoms. The smallest absolute Gasteiger partial charge is 0.107 e. The summed E-state index contributed by atoms with van der Waals surface area (Å²) >= 11 is 1.77. The van der Waals surface area contributed by atoms with Crippen LogP contribution in [0, 0.1) is 11.8 Å². The predicted molar refractivity (Wildman–Crippen MR) is 83.9 cm³/mol. The Bertz CT molecular complexity index is 557.